The van der Waals surface area contributed by atoms with Crippen molar-refractivity contribution in [1.82, 2.24) is 0 Å². The van der Waals surface area contributed by atoms with Gasteiger partial charge in [0, 0.05) is 0 Å². The van der Waals surface area contributed by atoms with Crippen LogP contribution in [0.2, 0.25) is 0 Å². The Kier molecular flexibility index (Phi) is 5.06. The molecule has 4 rings (SSSR count). The molecule has 0 unspecified atom stereocenters. The van der Waals surface area contributed by atoms with E-state index in [1.165, 1.54) is 16.7 Å². The molecule has 0 bridgehead atoms. The average molecular weight is 366 g/mol. The van der Waals surface area contributed by atoms with E-state index in [0.29, 0.717) is 12.8 Å². The highest BCUT2D eigenvalue weighted by Crippen LogP contribution is 2.38. The summed E-state index contributed by atoms with van der Waals surface area (Å²) in [5.74, 6) is 0.921. The molecule has 27 heavy (non-hydrogen) atoms. The fourth-order valence-electron chi connectivity index (χ4n) is 4.23. The summed E-state index contributed by atoms with van der Waals surface area (Å²) in [6.07, 6.45) is 5.17. The Labute approximate surface area is 160 Å². The molecule has 4 heteroatoms. The summed E-state index contributed by atoms with van der Waals surface area (Å²) in [4.78, 5) is 11.1. The first-order chi connectivity index (χ1) is 13.1. The number of fused-ring (bicyclic) bond motifs is 1. The fourth-order valence-corrected chi connectivity index (χ4v) is 4.23. The van der Waals surface area contributed by atoms with Gasteiger partial charge in [-0.05, 0) is 80.3 Å². The molecule has 0 spiro atoms. The summed E-state index contributed by atoms with van der Waals surface area (Å²) >= 11 is 0. The molecule has 0 radical (unpaired) electrons. The van der Waals surface area contributed by atoms with Gasteiger partial charge < -0.3 is 14.6 Å². The molecule has 0 saturated heterocycles. The monoisotopic (exact) mass is 366 g/mol. The number of rotatable bonds is 4. The minimum atomic E-state index is -0.678. The van der Waals surface area contributed by atoms with E-state index in [1.807, 2.05) is 12.1 Å². The van der Waals surface area contributed by atoms with E-state index in [-0.39, 0.29) is 18.1 Å². The van der Waals surface area contributed by atoms with Gasteiger partial charge in [0.15, 0.2) is 0 Å². The van der Waals surface area contributed by atoms with E-state index in [4.69, 9.17) is 14.6 Å². The van der Waals surface area contributed by atoms with Crippen LogP contribution >= 0.6 is 0 Å². The third-order valence-electron chi connectivity index (χ3n) is 5.84. The lowest BCUT2D eigenvalue weighted by Crippen LogP contribution is -2.27. The van der Waals surface area contributed by atoms with E-state index >= 15 is 0 Å². The van der Waals surface area contributed by atoms with Crippen LogP contribution in [-0.2, 0) is 11.2 Å². The number of aliphatic carboxylic acids is 1. The maximum Gasteiger partial charge on any atom is 0.306 e. The minimum absolute atomic E-state index is 0.108. The second-order valence-corrected chi connectivity index (χ2v) is 7.70. The van der Waals surface area contributed by atoms with Crippen LogP contribution in [0.1, 0.15) is 54.9 Å². The van der Waals surface area contributed by atoms with Gasteiger partial charge in [0.25, 0.3) is 0 Å². The van der Waals surface area contributed by atoms with Crippen LogP contribution in [0.5, 0.6) is 11.5 Å². The Balaban J connectivity index is 1.41. The van der Waals surface area contributed by atoms with Crippen molar-refractivity contribution in [2.45, 2.75) is 57.7 Å². The Morgan fingerprint density at radius 1 is 1.07 bits per heavy atom. The molecule has 1 N–H and O–H groups in total. The zero-order valence-electron chi connectivity index (χ0n) is 15.7. The number of carbonyl (C=O) groups is 1. The third kappa shape index (κ3) is 3.95. The van der Waals surface area contributed by atoms with E-state index in [2.05, 4.69) is 37.3 Å². The molecule has 1 aliphatic carbocycles. The van der Waals surface area contributed by atoms with Crippen molar-refractivity contribution >= 4 is 5.97 Å². The largest absolute Gasteiger partial charge is 0.490 e. The quantitative estimate of drug-likeness (QED) is 0.819. The number of benzene rings is 2. The van der Waals surface area contributed by atoms with Gasteiger partial charge in [0.2, 0.25) is 0 Å². The van der Waals surface area contributed by atoms with Crippen LogP contribution in [-0.4, -0.2) is 17.2 Å². The highest BCUT2D eigenvalue weighted by Gasteiger charge is 2.27. The van der Waals surface area contributed by atoms with E-state index in [1.54, 1.807) is 0 Å². The maximum atomic E-state index is 11.1. The number of carboxylic acid groups (broad SMARTS) is 1. The van der Waals surface area contributed by atoms with Gasteiger partial charge in [-0.1, -0.05) is 24.3 Å². The fraction of sp³-hybridized carbons (Fsp3) is 0.435. The lowest BCUT2D eigenvalue weighted by Gasteiger charge is -2.29. The molecule has 0 amide bonds. The molecule has 1 fully saturated rings. The Hall–Kier alpha value is -2.49. The van der Waals surface area contributed by atoms with Crippen molar-refractivity contribution in [3.8, 4) is 11.5 Å². The highest BCUT2D eigenvalue weighted by molar-refractivity contribution is 5.70. The lowest BCUT2D eigenvalue weighted by atomic mass is 9.87. The number of ether oxygens (including phenoxy) is 2. The van der Waals surface area contributed by atoms with Gasteiger partial charge in [-0.3, -0.25) is 4.79 Å². The zero-order chi connectivity index (χ0) is 18.8. The standard InChI is InChI=1S/C23H26O4/c1-15-4-2-3-5-20(15)22-12-8-17-14-19(11-13-21(17)27-22)26-18-9-6-16(7-10-18)23(24)25/h2-5,11,13-14,16,18,22H,6-10,12H2,1H3,(H,24,25)/t16-,18+,22-/m1/s1. The first kappa shape index (κ1) is 17.9. The highest BCUT2D eigenvalue weighted by atomic mass is 16.5. The van der Waals surface area contributed by atoms with Crippen LogP contribution in [0.4, 0.5) is 0 Å². The number of aryl methyl sites for hydroxylation is 2. The van der Waals surface area contributed by atoms with Crippen molar-refractivity contribution < 1.29 is 19.4 Å². The lowest BCUT2D eigenvalue weighted by molar-refractivity contribution is -0.143. The SMILES string of the molecule is Cc1ccccc1[C@H]1CCc2cc(O[C@H]3CC[C@@H](C(=O)O)CC3)ccc2O1. The van der Waals surface area contributed by atoms with Gasteiger partial charge in [0.05, 0.1) is 12.0 Å². The van der Waals surface area contributed by atoms with E-state index in [9.17, 15) is 4.79 Å². The molecule has 1 heterocycles. The maximum absolute atomic E-state index is 11.1. The first-order valence-corrected chi connectivity index (χ1v) is 9.84. The van der Waals surface area contributed by atoms with E-state index < -0.39 is 5.97 Å². The van der Waals surface area contributed by atoms with Crippen LogP contribution in [0.3, 0.4) is 0 Å². The van der Waals surface area contributed by atoms with Crippen LogP contribution < -0.4 is 9.47 Å². The molecule has 1 saturated carbocycles. The Morgan fingerprint density at radius 2 is 1.85 bits per heavy atom. The van der Waals surface area contributed by atoms with E-state index in [0.717, 1.165) is 37.2 Å². The molecule has 1 atom stereocenters. The van der Waals surface area contributed by atoms with Crippen molar-refractivity contribution in [2.24, 2.45) is 5.92 Å². The van der Waals surface area contributed by atoms with Crippen molar-refractivity contribution in [3.63, 3.8) is 0 Å². The van der Waals surface area contributed by atoms with Crippen LogP contribution in [0, 0.1) is 12.8 Å². The predicted molar refractivity (Wildman–Crippen MR) is 103 cm³/mol. The second kappa shape index (κ2) is 7.63. The normalized spacial score (nSPS) is 24.6. The molecular formula is C23H26O4. The molecule has 4 nitrogen and oxygen atoms in total. The molecule has 2 aromatic carbocycles. The summed E-state index contributed by atoms with van der Waals surface area (Å²) < 4.78 is 12.4. The molecular weight excluding hydrogens is 340 g/mol. The van der Waals surface area contributed by atoms with Gasteiger partial charge >= 0.3 is 5.97 Å². The van der Waals surface area contributed by atoms with Gasteiger partial charge in [0.1, 0.15) is 17.6 Å². The van der Waals surface area contributed by atoms with Gasteiger partial charge in [-0.2, -0.15) is 0 Å². The van der Waals surface area contributed by atoms with Crippen LogP contribution in [0.15, 0.2) is 42.5 Å². The number of hydrogen-bond donors (Lipinski definition) is 1. The molecule has 2 aromatic rings. The third-order valence-corrected chi connectivity index (χ3v) is 5.84. The number of carboxylic acids is 1. The van der Waals surface area contributed by atoms with Gasteiger partial charge in [-0.25, -0.2) is 0 Å². The summed E-state index contributed by atoms with van der Waals surface area (Å²) in [6, 6.07) is 14.5. The topological polar surface area (TPSA) is 55.8 Å². The Morgan fingerprint density at radius 3 is 2.59 bits per heavy atom. The summed E-state index contributed by atoms with van der Waals surface area (Å²) in [5.41, 5.74) is 3.72. The van der Waals surface area contributed by atoms with Crippen molar-refractivity contribution in [2.75, 3.05) is 0 Å². The molecule has 0 aromatic heterocycles. The molecule has 142 valence electrons. The Bertz CT molecular complexity index is 821. The average Bonchev–Trinajstić information content (AvgIpc) is 2.68. The second-order valence-electron chi connectivity index (χ2n) is 7.70. The van der Waals surface area contributed by atoms with Crippen LogP contribution in [0.25, 0.3) is 0 Å². The predicted octanol–water partition coefficient (Wildman–Crippen LogP) is 5.08. The zero-order valence-corrected chi connectivity index (χ0v) is 15.7. The number of hydrogen-bond acceptors (Lipinski definition) is 3. The minimum Gasteiger partial charge on any atom is -0.490 e. The summed E-state index contributed by atoms with van der Waals surface area (Å²) in [6.45, 7) is 2.13. The first-order valence-electron chi connectivity index (χ1n) is 9.84. The molecule has 2 aliphatic rings. The van der Waals surface area contributed by atoms with Crippen molar-refractivity contribution in [1.29, 1.82) is 0 Å². The van der Waals surface area contributed by atoms with Gasteiger partial charge in [-0.15, -0.1) is 0 Å². The molecule has 1 aliphatic heterocycles. The summed E-state index contributed by atoms with van der Waals surface area (Å²) in [5, 5.41) is 9.11. The summed E-state index contributed by atoms with van der Waals surface area (Å²) in [7, 11) is 0. The smallest absolute Gasteiger partial charge is 0.306 e. The van der Waals surface area contributed by atoms with Crippen molar-refractivity contribution in [3.05, 3.63) is 59.2 Å².